The lowest BCUT2D eigenvalue weighted by Gasteiger charge is -2.10. The fourth-order valence-electron chi connectivity index (χ4n) is 3.81. The van der Waals surface area contributed by atoms with Gasteiger partial charge in [0.05, 0.1) is 14.2 Å². The van der Waals surface area contributed by atoms with Crippen molar-refractivity contribution in [1.29, 1.82) is 0 Å². The monoisotopic (exact) mass is 540 g/mol. The Morgan fingerprint density at radius 1 is 0.550 bits per heavy atom. The van der Waals surface area contributed by atoms with Crippen molar-refractivity contribution in [3.63, 3.8) is 0 Å². The fourth-order valence-corrected chi connectivity index (χ4v) is 3.81. The van der Waals surface area contributed by atoms with Gasteiger partial charge in [-0.3, -0.25) is 9.59 Å². The third-order valence-electron chi connectivity index (χ3n) is 5.95. The third-order valence-corrected chi connectivity index (χ3v) is 5.95. The first kappa shape index (κ1) is 27.4. The van der Waals surface area contributed by atoms with Gasteiger partial charge in [0.2, 0.25) is 0 Å². The van der Waals surface area contributed by atoms with Gasteiger partial charge in [0.1, 0.15) is 22.6 Å². The molecular weight excluding hydrogens is 516 g/mol. The van der Waals surface area contributed by atoms with Crippen LogP contribution in [0.1, 0.15) is 41.4 Å². The summed E-state index contributed by atoms with van der Waals surface area (Å²) in [5, 5.41) is 25.0. The Kier molecular flexibility index (Phi) is 8.10. The fraction of sp³-hybridized carbons (Fsp3) is 0.0667. The van der Waals surface area contributed by atoms with Crippen LogP contribution in [0.25, 0.3) is 11.1 Å². The summed E-state index contributed by atoms with van der Waals surface area (Å²) in [4.78, 5) is 48.9. The topological polar surface area (TPSA) is 151 Å². The molecule has 0 aliphatic carbocycles. The van der Waals surface area contributed by atoms with Crippen LogP contribution < -0.4 is 10.6 Å². The Bertz CT molecular complexity index is 1470. The number of carbonyl (C=O) groups excluding carboxylic acids is 4. The summed E-state index contributed by atoms with van der Waals surface area (Å²) in [5.74, 6) is -2.80. The number of esters is 2. The minimum Gasteiger partial charge on any atom is -0.507 e. The molecule has 0 saturated carbocycles. The van der Waals surface area contributed by atoms with Crippen molar-refractivity contribution >= 4 is 35.1 Å². The molecule has 4 aromatic carbocycles. The summed E-state index contributed by atoms with van der Waals surface area (Å²) in [6, 6.07) is 21.7. The Labute approximate surface area is 228 Å². The number of hydrogen-bond donors (Lipinski definition) is 4. The second-order valence-electron chi connectivity index (χ2n) is 8.51. The quantitative estimate of drug-likeness (QED) is 0.192. The molecule has 0 unspecified atom stereocenters. The van der Waals surface area contributed by atoms with E-state index in [-0.39, 0.29) is 22.6 Å². The van der Waals surface area contributed by atoms with E-state index in [0.717, 1.165) is 11.1 Å². The first-order valence-electron chi connectivity index (χ1n) is 11.9. The normalized spacial score (nSPS) is 10.3. The SMILES string of the molecule is COC(=O)c1cc(NC(=O)c2ccc(-c3ccc(C(=O)Nc4ccc(O)c(C(=O)OC)c4)cc3)cc2)ccc1O. The zero-order valence-electron chi connectivity index (χ0n) is 21.4. The van der Waals surface area contributed by atoms with Crippen molar-refractivity contribution in [1.82, 2.24) is 0 Å². The van der Waals surface area contributed by atoms with Crippen LogP contribution in [-0.2, 0) is 9.47 Å². The molecule has 0 aliphatic rings. The predicted molar refractivity (Wildman–Crippen MR) is 147 cm³/mol. The number of ether oxygens (including phenoxy) is 2. The number of carbonyl (C=O) groups is 4. The molecule has 0 fully saturated rings. The van der Waals surface area contributed by atoms with E-state index in [9.17, 15) is 29.4 Å². The largest absolute Gasteiger partial charge is 0.507 e. The minimum absolute atomic E-state index is 0.0678. The summed E-state index contributed by atoms with van der Waals surface area (Å²) in [6.07, 6.45) is 0. The van der Waals surface area contributed by atoms with E-state index in [0.29, 0.717) is 22.5 Å². The number of amides is 2. The first-order valence-corrected chi connectivity index (χ1v) is 11.9. The van der Waals surface area contributed by atoms with E-state index >= 15 is 0 Å². The molecule has 0 atom stereocenters. The van der Waals surface area contributed by atoms with E-state index in [4.69, 9.17) is 0 Å². The summed E-state index contributed by atoms with van der Waals surface area (Å²) in [7, 11) is 2.38. The van der Waals surface area contributed by atoms with Crippen LogP contribution in [0, 0.1) is 0 Å². The number of hydrogen-bond acceptors (Lipinski definition) is 8. The van der Waals surface area contributed by atoms with Crippen molar-refractivity contribution in [2.75, 3.05) is 24.9 Å². The molecule has 4 aromatic rings. The number of methoxy groups -OCH3 is 2. The zero-order chi connectivity index (χ0) is 28.8. The highest BCUT2D eigenvalue weighted by atomic mass is 16.5. The highest BCUT2D eigenvalue weighted by molar-refractivity contribution is 6.06. The van der Waals surface area contributed by atoms with Gasteiger partial charge in [0, 0.05) is 22.5 Å². The maximum atomic E-state index is 12.7. The summed E-state index contributed by atoms with van der Waals surface area (Å²) in [6.45, 7) is 0. The van der Waals surface area contributed by atoms with Crippen LogP contribution in [0.5, 0.6) is 11.5 Å². The Balaban J connectivity index is 1.42. The van der Waals surface area contributed by atoms with Gasteiger partial charge >= 0.3 is 11.9 Å². The summed E-state index contributed by atoms with van der Waals surface area (Å²) >= 11 is 0. The minimum atomic E-state index is -0.727. The molecule has 0 aliphatic heterocycles. The first-order chi connectivity index (χ1) is 19.2. The van der Waals surface area contributed by atoms with Crippen LogP contribution in [-0.4, -0.2) is 48.2 Å². The highest BCUT2D eigenvalue weighted by Crippen LogP contribution is 2.25. The van der Waals surface area contributed by atoms with Gasteiger partial charge in [-0.05, 0) is 71.8 Å². The van der Waals surface area contributed by atoms with Gasteiger partial charge in [0.25, 0.3) is 11.8 Å². The van der Waals surface area contributed by atoms with Crippen molar-refractivity contribution in [2.24, 2.45) is 0 Å². The molecule has 0 bridgehead atoms. The van der Waals surface area contributed by atoms with Crippen LogP contribution in [0.4, 0.5) is 11.4 Å². The number of aromatic hydroxyl groups is 2. The van der Waals surface area contributed by atoms with Crippen molar-refractivity contribution in [3.8, 4) is 22.6 Å². The van der Waals surface area contributed by atoms with E-state index in [1.165, 1.54) is 50.6 Å². The lowest BCUT2D eigenvalue weighted by atomic mass is 10.0. The molecule has 4 rings (SSSR count). The molecule has 202 valence electrons. The molecule has 4 N–H and O–H groups in total. The number of anilines is 2. The second-order valence-corrected chi connectivity index (χ2v) is 8.51. The molecule has 0 saturated heterocycles. The number of rotatable bonds is 7. The van der Waals surface area contributed by atoms with Crippen LogP contribution in [0.3, 0.4) is 0 Å². The van der Waals surface area contributed by atoms with E-state index in [2.05, 4.69) is 20.1 Å². The predicted octanol–water partition coefficient (Wildman–Crippen LogP) is 4.84. The molecule has 10 heteroatoms. The van der Waals surface area contributed by atoms with Gasteiger partial charge in [-0.1, -0.05) is 24.3 Å². The molecule has 40 heavy (non-hydrogen) atoms. The smallest absolute Gasteiger partial charge is 0.341 e. The van der Waals surface area contributed by atoms with Crippen LogP contribution in [0.2, 0.25) is 0 Å². The van der Waals surface area contributed by atoms with Crippen molar-refractivity contribution in [2.45, 2.75) is 0 Å². The maximum Gasteiger partial charge on any atom is 0.341 e. The number of phenols is 2. The molecule has 0 spiro atoms. The van der Waals surface area contributed by atoms with E-state index in [1.807, 2.05) is 0 Å². The van der Waals surface area contributed by atoms with Gasteiger partial charge < -0.3 is 30.3 Å². The number of phenolic OH excluding ortho intramolecular Hbond substituents is 2. The molecule has 0 aromatic heterocycles. The second kappa shape index (κ2) is 11.8. The molecule has 10 nitrogen and oxygen atoms in total. The molecule has 0 heterocycles. The zero-order valence-corrected chi connectivity index (χ0v) is 21.4. The van der Waals surface area contributed by atoms with Gasteiger partial charge in [-0.25, -0.2) is 9.59 Å². The highest BCUT2D eigenvalue weighted by Gasteiger charge is 2.16. The summed E-state index contributed by atoms with van der Waals surface area (Å²) < 4.78 is 9.25. The number of nitrogens with one attached hydrogen (secondary N) is 2. The molecule has 2 amide bonds. The standard InChI is InChI=1S/C30H24N2O8/c1-39-29(37)23-15-21(11-13-25(23)33)31-27(35)19-7-3-17(4-8-19)18-5-9-20(10-6-18)28(36)32-22-12-14-26(34)24(16-22)30(38)40-2/h3-16,33-34H,1-2H3,(H,31,35)(H,32,36). The van der Waals surface area contributed by atoms with Gasteiger partial charge in [0.15, 0.2) is 0 Å². The van der Waals surface area contributed by atoms with Crippen molar-refractivity contribution in [3.05, 3.63) is 107 Å². The summed E-state index contributed by atoms with van der Waals surface area (Å²) in [5.41, 5.74) is 2.85. The van der Waals surface area contributed by atoms with E-state index < -0.39 is 23.8 Å². The van der Waals surface area contributed by atoms with Crippen LogP contribution in [0.15, 0.2) is 84.9 Å². The maximum absolute atomic E-state index is 12.7. The molecule has 0 radical (unpaired) electrons. The van der Waals surface area contributed by atoms with Crippen molar-refractivity contribution < 1.29 is 38.9 Å². The third kappa shape index (κ3) is 6.08. The van der Waals surface area contributed by atoms with Gasteiger partial charge in [-0.2, -0.15) is 0 Å². The lowest BCUT2D eigenvalue weighted by Crippen LogP contribution is -2.13. The van der Waals surface area contributed by atoms with Crippen LogP contribution >= 0.6 is 0 Å². The number of benzene rings is 4. The Morgan fingerprint density at radius 3 is 1.23 bits per heavy atom. The average Bonchev–Trinajstić information content (AvgIpc) is 2.98. The lowest BCUT2D eigenvalue weighted by molar-refractivity contribution is 0.0588. The average molecular weight is 541 g/mol. The Morgan fingerprint density at radius 2 is 0.900 bits per heavy atom. The van der Waals surface area contributed by atoms with E-state index in [1.54, 1.807) is 48.5 Å². The molecular formula is C30H24N2O8. The Hall–Kier alpha value is -5.64. The van der Waals surface area contributed by atoms with Gasteiger partial charge in [-0.15, -0.1) is 0 Å².